The smallest absolute Gasteiger partial charge is 0.324 e. The maximum absolute atomic E-state index is 5.41. The zero-order valence-electron chi connectivity index (χ0n) is 11.1. The van der Waals surface area contributed by atoms with Crippen molar-refractivity contribution in [2.75, 3.05) is 39.3 Å². The molecule has 1 aromatic heterocycles. The van der Waals surface area contributed by atoms with Crippen molar-refractivity contribution in [2.45, 2.75) is 19.8 Å². The molecule has 0 amide bonds. The molecule has 0 aliphatic carbocycles. The fourth-order valence-electron chi connectivity index (χ4n) is 1.14. The molecular formula is C11H20N4O3. The van der Waals surface area contributed by atoms with Crippen LogP contribution in [0.3, 0.4) is 0 Å². The molecule has 0 saturated carbocycles. The Bertz CT molecular complexity index is 349. The number of rotatable bonds is 9. The molecule has 0 radical (unpaired) electrons. The fourth-order valence-corrected chi connectivity index (χ4v) is 1.14. The van der Waals surface area contributed by atoms with E-state index in [4.69, 9.17) is 14.2 Å². The molecule has 0 saturated heterocycles. The first-order valence-electron chi connectivity index (χ1n) is 5.98. The van der Waals surface area contributed by atoms with Gasteiger partial charge < -0.3 is 19.5 Å². The number of nitrogens with one attached hydrogen (secondary N) is 1. The summed E-state index contributed by atoms with van der Waals surface area (Å²) < 4.78 is 15.7. The first-order valence-corrected chi connectivity index (χ1v) is 5.98. The van der Waals surface area contributed by atoms with Crippen molar-refractivity contribution in [1.82, 2.24) is 15.0 Å². The lowest BCUT2D eigenvalue weighted by Gasteiger charge is -2.08. The summed E-state index contributed by atoms with van der Waals surface area (Å²) >= 11 is 0. The number of nitrogens with zero attached hydrogens (tertiary/aromatic N) is 3. The molecule has 18 heavy (non-hydrogen) atoms. The number of anilines is 1. The van der Waals surface area contributed by atoms with Gasteiger partial charge in [-0.3, -0.25) is 0 Å². The molecular weight excluding hydrogens is 236 g/mol. The van der Waals surface area contributed by atoms with Crippen LogP contribution in [0.4, 0.5) is 5.95 Å². The quantitative estimate of drug-likeness (QED) is 0.663. The number of aromatic nitrogens is 3. The van der Waals surface area contributed by atoms with E-state index in [1.54, 1.807) is 14.2 Å². The van der Waals surface area contributed by atoms with E-state index in [1.807, 2.05) is 6.92 Å². The number of methoxy groups -OCH3 is 1. The van der Waals surface area contributed by atoms with Gasteiger partial charge in [-0.1, -0.05) is 6.92 Å². The van der Waals surface area contributed by atoms with E-state index < -0.39 is 0 Å². The topological polar surface area (TPSA) is 78.4 Å². The summed E-state index contributed by atoms with van der Waals surface area (Å²) in [4.78, 5) is 12.2. The van der Waals surface area contributed by atoms with Gasteiger partial charge in [-0.15, -0.1) is 4.98 Å². The molecule has 1 rings (SSSR count). The highest BCUT2D eigenvalue weighted by molar-refractivity contribution is 5.26. The Balaban J connectivity index is 2.58. The van der Waals surface area contributed by atoms with Gasteiger partial charge in [0.1, 0.15) is 0 Å². The largest absolute Gasteiger partial charge is 0.463 e. The second-order valence-corrected chi connectivity index (χ2v) is 3.52. The molecule has 0 aliphatic heterocycles. The summed E-state index contributed by atoms with van der Waals surface area (Å²) in [6, 6.07) is 0.537. The van der Waals surface area contributed by atoms with Gasteiger partial charge in [0, 0.05) is 27.2 Å². The summed E-state index contributed by atoms with van der Waals surface area (Å²) in [5.41, 5.74) is 0. The van der Waals surface area contributed by atoms with Gasteiger partial charge in [0.15, 0.2) is 0 Å². The summed E-state index contributed by atoms with van der Waals surface area (Å²) in [6.07, 6.45) is 1.67. The van der Waals surface area contributed by atoms with Crippen LogP contribution >= 0.6 is 0 Å². The molecule has 0 aromatic carbocycles. The van der Waals surface area contributed by atoms with E-state index in [9.17, 15) is 0 Å². The second-order valence-electron chi connectivity index (χ2n) is 3.52. The Morgan fingerprint density at radius 3 is 2.22 bits per heavy atom. The Labute approximate surface area is 107 Å². The van der Waals surface area contributed by atoms with Crippen molar-refractivity contribution >= 4 is 5.95 Å². The van der Waals surface area contributed by atoms with Gasteiger partial charge in [-0.05, 0) is 6.42 Å². The highest BCUT2D eigenvalue weighted by Gasteiger charge is 2.07. The Kier molecular flexibility index (Phi) is 6.78. The highest BCUT2D eigenvalue weighted by atomic mass is 16.5. The van der Waals surface area contributed by atoms with Gasteiger partial charge in [0.2, 0.25) is 5.95 Å². The minimum atomic E-state index is 0.261. The Morgan fingerprint density at radius 1 is 1.00 bits per heavy atom. The minimum absolute atomic E-state index is 0.261. The molecule has 1 N–H and O–H groups in total. The third-order valence-electron chi connectivity index (χ3n) is 1.98. The maximum atomic E-state index is 5.41. The van der Waals surface area contributed by atoms with Crippen LogP contribution in [-0.4, -0.2) is 48.9 Å². The predicted molar refractivity (Wildman–Crippen MR) is 67.1 cm³/mol. The predicted octanol–water partition coefficient (Wildman–Crippen LogP) is 1.12. The van der Waals surface area contributed by atoms with Crippen molar-refractivity contribution in [2.24, 2.45) is 0 Å². The zero-order valence-corrected chi connectivity index (χ0v) is 11.1. The maximum Gasteiger partial charge on any atom is 0.324 e. The Hall–Kier alpha value is -1.63. The normalized spacial score (nSPS) is 10.2. The summed E-state index contributed by atoms with van der Waals surface area (Å²) in [5, 5.41) is 2.84. The van der Waals surface area contributed by atoms with Crippen LogP contribution in [0, 0.1) is 0 Å². The number of ether oxygens (including phenoxy) is 3. The summed E-state index contributed by atoms with van der Waals surface area (Å²) in [6.45, 7) is 3.72. The van der Waals surface area contributed by atoms with Gasteiger partial charge in [-0.25, -0.2) is 0 Å². The van der Waals surface area contributed by atoms with Crippen LogP contribution < -0.4 is 14.8 Å². The first-order chi connectivity index (χ1) is 8.80. The molecule has 0 fully saturated rings. The average Bonchev–Trinajstić information content (AvgIpc) is 2.41. The lowest BCUT2D eigenvalue weighted by atomic mass is 10.5. The van der Waals surface area contributed by atoms with Crippen LogP contribution in [0.1, 0.15) is 19.8 Å². The van der Waals surface area contributed by atoms with Gasteiger partial charge in [-0.2, -0.15) is 9.97 Å². The second kappa shape index (κ2) is 8.46. The van der Waals surface area contributed by atoms with Crippen molar-refractivity contribution in [3.05, 3.63) is 0 Å². The van der Waals surface area contributed by atoms with Crippen molar-refractivity contribution < 1.29 is 14.2 Å². The number of hydrogen-bond acceptors (Lipinski definition) is 7. The molecule has 0 spiro atoms. The third kappa shape index (κ3) is 5.13. The number of hydrogen-bond donors (Lipinski definition) is 1. The van der Waals surface area contributed by atoms with Crippen LogP contribution in [0.2, 0.25) is 0 Å². The van der Waals surface area contributed by atoms with Gasteiger partial charge >= 0.3 is 12.0 Å². The van der Waals surface area contributed by atoms with E-state index in [1.165, 1.54) is 0 Å². The zero-order chi connectivity index (χ0) is 13.2. The molecule has 1 aromatic rings. The molecule has 7 heteroatoms. The van der Waals surface area contributed by atoms with Crippen molar-refractivity contribution in [3.63, 3.8) is 0 Å². The standard InChI is InChI=1S/C11H20N4O3/c1-4-6-17-10-13-9(12-2)14-11(15-10)18-8-5-7-16-3/h4-8H2,1-3H3,(H,12,13,14,15). The van der Waals surface area contributed by atoms with E-state index >= 15 is 0 Å². The average molecular weight is 256 g/mol. The van der Waals surface area contributed by atoms with Crippen LogP contribution in [0.5, 0.6) is 12.0 Å². The molecule has 0 atom stereocenters. The van der Waals surface area contributed by atoms with E-state index in [2.05, 4.69) is 20.3 Å². The molecule has 102 valence electrons. The van der Waals surface area contributed by atoms with Crippen molar-refractivity contribution in [1.29, 1.82) is 0 Å². The van der Waals surface area contributed by atoms with E-state index in [-0.39, 0.29) is 12.0 Å². The molecule has 7 nitrogen and oxygen atoms in total. The molecule has 0 aliphatic rings. The van der Waals surface area contributed by atoms with Crippen LogP contribution in [-0.2, 0) is 4.74 Å². The van der Waals surface area contributed by atoms with Gasteiger partial charge in [0.25, 0.3) is 0 Å². The molecule has 0 unspecified atom stereocenters. The summed E-state index contributed by atoms with van der Waals surface area (Å²) in [7, 11) is 3.38. The minimum Gasteiger partial charge on any atom is -0.463 e. The lowest BCUT2D eigenvalue weighted by Crippen LogP contribution is -2.09. The van der Waals surface area contributed by atoms with Gasteiger partial charge in [0.05, 0.1) is 13.2 Å². The SMILES string of the molecule is CCCOc1nc(NC)nc(OCCCOC)n1. The van der Waals surface area contributed by atoms with Crippen LogP contribution in [0.15, 0.2) is 0 Å². The molecule has 1 heterocycles. The first kappa shape index (κ1) is 14.4. The van der Waals surface area contributed by atoms with E-state index in [0.717, 1.165) is 12.8 Å². The molecule has 0 bridgehead atoms. The fraction of sp³-hybridized carbons (Fsp3) is 0.727. The van der Waals surface area contributed by atoms with Crippen LogP contribution in [0.25, 0.3) is 0 Å². The van der Waals surface area contributed by atoms with Crippen molar-refractivity contribution in [3.8, 4) is 12.0 Å². The highest BCUT2D eigenvalue weighted by Crippen LogP contribution is 2.12. The Morgan fingerprint density at radius 2 is 1.67 bits per heavy atom. The monoisotopic (exact) mass is 256 g/mol. The third-order valence-corrected chi connectivity index (χ3v) is 1.98. The summed E-state index contributed by atoms with van der Waals surface area (Å²) in [5.74, 6) is 0.429. The van der Waals surface area contributed by atoms with E-state index in [0.29, 0.717) is 25.8 Å². The lowest BCUT2D eigenvalue weighted by molar-refractivity contribution is 0.167.